The van der Waals surface area contributed by atoms with Crippen LogP contribution in [0, 0.1) is 4.91 Å². The monoisotopic (exact) mass is 130 g/mol. The van der Waals surface area contributed by atoms with E-state index in [0.29, 0.717) is 19.4 Å². The summed E-state index contributed by atoms with van der Waals surface area (Å²) in [6.07, 6.45) is 2.03. The molecule has 0 aliphatic rings. The third-order valence-corrected chi connectivity index (χ3v) is 0.943. The second-order valence-corrected chi connectivity index (χ2v) is 1.77. The van der Waals surface area contributed by atoms with Gasteiger partial charge in [0.05, 0.1) is 5.29 Å². The molecule has 4 heteroatoms. The van der Waals surface area contributed by atoms with Crippen molar-refractivity contribution in [2.75, 3.05) is 13.6 Å². The molecule has 0 aliphatic carbocycles. The lowest BCUT2D eigenvalue weighted by atomic mass is 10.3. The molecular formula is C5H10N2O2. The van der Waals surface area contributed by atoms with Crippen LogP contribution in [0.4, 0.5) is 0 Å². The Balaban J connectivity index is 3.05. The van der Waals surface area contributed by atoms with Crippen LogP contribution in [0.2, 0.25) is 0 Å². The van der Waals surface area contributed by atoms with E-state index in [4.69, 9.17) is 0 Å². The number of nitroso groups, excluding NO2 is 1. The van der Waals surface area contributed by atoms with Crippen LogP contribution in [0.25, 0.3) is 0 Å². The number of unbranched alkanes of at least 4 members (excludes halogenated alkanes) is 1. The van der Waals surface area contributed by atoms with Crippen molar-refractivity contribution in [3.63, 3.8) is 0 Å². The molecule has 0 rings (SSSR count). The van der Waals surface area contributed by atoms with E-state index < -0.39 is 0 Å². The van der Waals surface area contributed by atoms with Gasteiger partial charge in [0.25, 0.3) is 0 Å². The smallest absolute Gasteiger partial charge is 0.120 e. The van der Waals surface area contributed by atoms with Gasteiger partial charge in [-0.1, -0.05) is 0 Å². The number of carbonyl (C=O) groups is 1. The van der Waals surface area contributed by atoms with Gasteiger partial charge in [0, 0.05) is 20.0 Å². The fraction of sp³-hybridized carbons (Fsp3) is 0.800. The standard InChI is InChI=1S/C5H10N2O2/c1-7(6-9)4-2-3-5-8/h5H,2-4H2,1H3. The van der Waals surface area contributed by atoms with Crippen LogP contribution in [-0.2, 0) is 4.79 Å². The molecular weight excluding hydrogens is 120 g/mol. The second kappa shape index (κ2) is 5.21. The first-order valence-electron chi connectivity index (χ1n) is 2.79. The van der Waals surface area contributed by atoms with Crippen molar-refractivity contribution in [1.82, 2.24) is 5.01 Å². The summed E-state index contributed by atoms with van der Waals surface area (Å²) in [6, 6.07) is 0. The van der Waals surface area contributed by atoms with Crippen molar-refractivity contribution in [3.8, 4) is 0 Å². The minimum atomic E-state index is 0.500. The van der Waals surface area contributed by atoms with Crippen molar-refractivity contribution < 1.29 is 4.79 Å². The molecule has 0 aromatic heterocycles. The summed E-state index contributed by atoms with van der Waals surface area (Å²) in [4.78, 5) is 19.4. The number of hydrogen-bond acceptors (Lipinski definition) is 3. The summed E-state index contributed by atoms with van der Waals surface area (Å²) in [7, 11) is 1.58. The average molecular weight is 130 g/mol. The van der Waals surface area contributed by atoms with Gasteiger partial charge in [-0.05, 0) is 6.42 Å². The number of hydrogen-bond donors (Lipinski definition) is 0. The SMILES string of the molecule is CN(CCCC=O)N=O. The van der Waals surface area contributed by atoms with Crippen LogP contribution in [0.15, 0.2) is 5.29 Å². The quantitative estimate of drug-likeness (QED) is 0.237. The van der Waals surface area contributed by atoms with Gasteiger partial charge in [-0.25, -0.2) is 0 Å². The normalized spacial score (nSPS) is 8.56. The zero-order chi connectivity index (χ0) is 7.11. The topological polar surface area (TPSA) is 49.7 Å². The van der Waals surface area contributed by atoms with Crippen LogP contribution in [0.1, 0.15) is 12.8 Å². The number of carbonyl (C=O) groups excluding carboxylic acids is 1. The van der Waals surface area contributed by atoms with Crippen molar-refractivity contribution in [2.45, 2.75) is 12.8 Å². The van der Waals surface area contributed by atoms with E-state index in [1.165, 1.54) is 5.01 Å². The molecule has 52 valence electrons. The van der Waals surface area contributed by atoms with Gasteiger partial charge in [-0.3, -0.25) is 5.01 Å². The highest BCUT2D eigenvalue weighted by molar-refractivity contribution is 5.48. The Labute approximate surface area is 53.8 Å². The molecule has 9 heavy (non-hydrogen) atoms. The van der Waals surface area contributed by atoms with Gasteiger partial charge < -0.3 is 4.79 Å². The van der Waals surface area contributed by atoms with E-state index in [0.717, 1.165) is 6.29 Å². The van der Waals surface area contributed by atoms with Gasteiger partial charge >= 0.3 is 0 Å². The first-order valence-corrected chi connectivity index (χ1v) is 2.79. The molecule has 0 aromatic carbocycles. The Bertz CT molecular complexity index is 95.0. The Morgan fingerprint density at radius 1 is 1.67 bits per heavy atom. The molecule has 0 heterocycles. The highest BCUT2D eigenvalue weighted by Gasteiger charge is 1.91. The van der Waals surface area contributed by atoms with E-state index in [2.05, 4.69) is 5.29 Å². The van der Waals surface area contributed by atoms with Crippen molar-refractivity contribution >= 4 is 6.29 Å². The summed E-state index contributed by atoms with van der Waals surface area (Å²) in [5, 5.41) is 3.90. The van der Waals surface area contributed by atoms with E-state index in [1.807, 2.05) is 0 Å². The third-order valence-electron chi connectivity index (χ3n) is 0.943. The maximum Gasteiger partial charge on any atom is 0.120 e. The molecule has 0 aromatic rings. The fourth-order valence-electron chi connectivity index (χ4n) is 0.444. The summed E-state index contributed by atoms with van der Waals surface area (Å²) >= 11 is 0. The average Bonchev–Trinajstić information content (AvgIpc) is 1.89. The fourth-order valence-corrected chi connectivity index (χ4v) is 0.444. The lowest BCUT2D eigenvalue weighted by molar-refractivity contribution is -0.107. The Morgan fingerprint density at radius 2 is 2.33 bits per heavy atom. The predicted octanol–water partition coefficient (Wildman–Crippen LogP) is 0.579. The molecule has 0 N–H and O–H groups in total. The minimum absolute atomic E-state index is 0.500. The minimum Gasteiger partial charge on any atom is -0.303 e. The van der Waals surface area contributed by atoms with E-state index in [9.17, 15) is 9.70 Å². The highest BCUT2D eigenvalue weighted by atomic mass is 16.3. The number of rotatable bonds is 5. The first kappa shape index (κ1) is 8.07. The Hall–Kier alpha value is -0.930. The first-order chi connectivity index (χ1) is 4.31. The Morgan fingerprint density at radius 3 is 2.78 bits per heavy atom. The van der Waals surface area contributed by atoms with Crippen LogP contribution in [0.3, 0.4) is 0 Å². The van der Waals surface area contributed by atoms with E-state index >= 15 is 0 Å². The lowest BCUT2D eigenvalue weighted by Crippen LogP contribution is -2.11. The molecule has 0 saturated carbocycles. The predicted molar refractivity (Wildman–Crippen MR) is 33.7 cm³/mol. The maximum absolute atomic E-state index is 9.75. The molecule has 0 radical (unpaired) electrons. The summed E-state index contributed by atoms with van der Waals surface area (Å²) < 4.78 is 0. The maximum atomic E-state index is 9.75. The van der Waals surface area contributed by atoms with Gasteiger partial charge in [0.15, 0.2) is 0 Å². The third kappa shape index (κ3) is 4.93. The highest BCUT2D eigenvalue weighted by Crippen LogP contribution is 1.88. The van der Waals surface area contributed by atoms with Gasteiger partial charge in [0.2, 0.25) is 0 Å². The van der Waals surface area contributed by atoms with E-state index in [-0.39, 0.29) is 0 Å². The molecule has 0 bridgehead atoms. The summed E-state index contributed by atoms with van der Waals surface area (Å²) in [5.74, 6) is 0. The summed E-state index contributed by atoms with van der Waals surface area (Å²) in [5.41, 5.74) is 0. The molecule has 0 aliphatic heterocycles. The van der Waals surface area contributed by atoms with Crippen molar-refractivity contribution in [3.05, 3.63) is 4.91 Å². The van der Waals surface area contributed by atoms with Crippen LogP contribution in [-0.4, -0.2) is 24.9 Å². The molecule has 0 amide bonds. The Kier molecular flexibility index (Phi) is 4.67. The summed E-state index contributed by atoms with van der Waals surface area (Å²) in [6.45, 7) is 0.558. The van der Waals surface area contributed by atoms with Gasteiger partial charge in [-0.2, -0.15) is 0 Å². The van der Waals surface area contributed by atoms with Crippen LogP contribution in [0.5, 0.6) is 0 Å². The molecule has 0 saturated heterocycles. The lowest BCUT2D eigenvalue weighted by Gasteiger charge is -2.04. The zero-order valence-electron chi connectivity index (χ0n) is 5.41. The van der Waals surface area contributed by atoms with Gasteiger partial charge in [-0.15, -0.1) is 4.91 Å². The molecule has 0 atom stereocenters. The zero-order valence-corrected chi connectivity index (χ0v) is 5.41. The van der Waals surface area contributed by atoms with Gasteiger partial charge in [0.1, 0.15) is 6.29 Å². The second-order valence-electron chi connectivity index (χ2n) is 1.77. The van der Waals surface area contributed by atoms with Crippen LogP contribution < -0.4 is 0 Å². The van der Waals surface area contributed by atoms with E-state index in [1.54, 1.807) is 7.05 Å². The number of nitrogens with zero attached hydrogens (tertiary/aromatic N) is 2. The molecule has 4 nitrogen and oxygen atoms in total. The molecule has 0 fully saturated rings. The van der Waals surface area contributed by atoms with Crippen molar-refractivity contribution in [1.29, 1.82) is 0 Å². The largest absolute Gasteiger partial charge is 0.303 e. The number of aldehydes is 1. The van der Waals surface area contributed by atoms with Crippen molar-refractivity contribution in [2.24, 2.45) is 5.29 Å². The molecule has 0 spiro atoms. The van der Waals surface area contributed by atoms with Crippen LogP contribution >= 0.6 is 0 Å². The molecule has 0 unspecified atom stereocenters.